The normalized spacial score (nSPS) is 18.6. The number of H-pyrrole nitrogens is 1. The van der Waals surface area contributed by atoms with E-state index in [1.807, 2.05) is 6.20 Å². The molecule has 0 spiro atoms. The van der Waals surface area contributed by atoms with Crippen LogP contribution in [0, 0.1) is 0 Å². The number of morpholine rings is 1. The van der Waals surface area contributed by atoms with Crippen molar-refractivity contribution in [1.29, 1.82) is 0 Å². The van der Waals surface area contributed by atoms with E-state index in [0.717, 1.165) is 63.5 Å². The van der Waals surface area contributed by atoms with Gasteiger partial charge in [0.2, 0.25) is 16.0 Å². The molecule has 184 valence electrons. The van der Waals surface area contributed by atoms with Crippen molar-refractivity contribution < 1.29 is 13.2 Å². The summed E-state index contributed by atoms with van der Waals surface area (Å²) >= 11 is 1.66. The molecule has 1 aromatic carbocycles. The van der Waals surface area contributed by atoms with Crippen LogP contribution in [0.3, 0.4) is 0 Å². The molecule has 12 heteroatoms. The van der Waals surface area contributed by atoms with E-state index in [1.54, 1.807) is 15.6 Å². The van der Waals surface area contributed by atoms with Gasteiger partial charge in [-0.05, 0) is 11.4 Å². The summed E-state index contributed by atoms with van der Waals surface area (Å²) in [5.41, 5.74) is 5.04. The van der Waals surface area contributed by atoms with E-state index < -0.39 is 10.0 Å². The van der Waals surface area contributed by atoms with E-state index in [1.165, 1.54) is 6.26 Å². The number of aromatic amines is 1. The zero-order valence-corrected chi connectivity index (χ0v) is 21.1. The lowest BCUT2D eigenvalue weighted by molar-refractivity contribution is 0.122. The molecule has 3 aromatic heterocycles. The summed E-state index contributed by atoms with van der Waals surface area (Å²) in [4.78, 5) is 14.6. The van der Waals surface area contributed by atoms with E-state index in [9.17, 15) is 8.42 Å². The molecule has 0 aliphatic carbocycles. The minimum Gasteiger partial charge on any atom is -0.378 e. The largest absolute Gasteiger partial charge is 0.378 e. The zero-order chi connectivity index (χ0) is 24.0. The van der Waals surface area contributed by atoms with Crippen molar-refractivity contribution in [3.63, 3.8) is 0 Å². The fraction of sp³-hybridized carbons (Fsp3) is 0.435. The highest BCUT2D eigenvalue weighted by Gasteiger charge is 2.25. The van der Waals surface area contributed by atoms with Crippen molar-refractivity contribution in [2.75, 3.05) is 63.6 Å². The first kappa shape index (κ1) is 22.8. The number of nitrogens with zero attached hydrogens (tertiary/aromatic N) is 6. The maximum atomic E-state index is 11.9. The van der Waals surface area contributed by atoms with Crippen molar-refractivity contribution in [2.24, 2.45) is 0 Å². The van der Waals surface area contributed by atoms with Crippen LogP contribution in [0.15, 0.2) is 29.8 Å². The van der Waals surface area contributed by atoms with E-state index in [2.05, 4.69) is 43.6 Å². The number of benzene rings is 1. The number of thiophene rings is 1. The van der Waals surface area contributed by atoms with Crippen LogP contribution in [0.25, 0.3) is 32.4 Å². The summed E-state index contributed by atoms with van der Waals surface area (Å²) in [6.07, 6.45) is 3.10. The molecule has 5 heterocycles. The van der Waals surface area contributed by atoms with Crippen molar-refractivity contribution >= 4 is 48.4 Å². The Bertz CT molecular complexity index is 1470. The molecule has 2 saturated heterocycles. The Morgan fingerprint density at radius 2 is 1.89 bits per heavy atom. The predicted molar refractivity (Wildman–Crippen MR) is 137 cm³/mol. The third-order valence-electron chi connectivity index (χ3n) is 6.68. The molecule has 10 nitrogen and oxygen atoms in total. The highest BCUT2D eigenvalue weighted by molar-refractivity contribution is 7.88. The number of anilines is 1. The maximum Gasteiger partial charge on any atom is 0.226 e. The summed E-state index contributed by atoms with van der Waals surface area (Å²) in [5.74, 6) is 0.724. The molecule has 0 saturated carbocycles. The van der Waals surface area contributed by atoms with Crippen molar-refractivity contribution in [1.82, 2.24) is 29.4 Å². The molecular weight excluding hydrogens is 486 g/mol. The predicted octanol–water partition coefficient (Wildman–Crippen LogP) is 2.15. The second-order valence-corrected chi connectivity index (χ2v) is 11.9. The summed E-state index contributed by atoms with van der Waals surface area (Å²) in [7, 11) is -3.15. The Kier molecular flexibility index (Phi) is 5.93. The van der Waals surface area contributed by atoms with E-state index >= 15 is 0 Å². The van der Waals surface area contributed by atoms with Gasteiger partial charge in [-0.2, -0.15) is 9.40 Å². The van der Waals surface area contributed by atoms with Crippen LogP contribution in [0.2, 0.25) is 0 Å². The van der Waals surface area contributed by atoms with Gasteiger partial charge in [-0.1, -0.05) is 12.1 Å². The first-order valence-corrected chi connectivity index (χ1v) is 14.4. The molecule has 35 heavy (non-hydrogen) atoms. The van der Waals surface area contributed by atoms with E-state index in [0.29, 0.717) is 39.4 Å². The Balaban J connectivity index is 1.37. The number of nitrogens with one attached hydrogen (secondary N) is 1. The van der Waals surface area contributed by atoms with Gasteiger partial charge in [-0.3, -0.25) is 10.00 Å². The Morgan fingerprint density at radius 1 is 1.09 bits per heavy atom. The third-order valence-corrected chi connectivity index (χ3v) is 9.01. The first-order chi connectivity index (χ1) is 17.0. The fourth-order valence-electron chi connectivity index (χ4n) is 4.71. The van der Waals surface area contributed by atoms with Crippen LogP contribution in [0.4, 0.5) is 5.95 Å². The van der Waals surface area contributed by atoms with Gasteiger partial charge in [0.05, 0.1) is 47.1 Å². The molecule has 0 amide bonds. The van der Waals surface area contributed by atoms with Gasteiger partial charge in [0.25, 0.3) is 0 Å². The van der Waals surface area contributed by atoms with Crippen LogP contribution in [-0.4, -0.2) is 96.5 Å². The van der Waals surface area contributed by atoms with E-state index in [-0.39, 0.29) is 0 Å². The molecule has 0 radical (unpaired) electrons. The van der Waals surface area contributed by atoms with Crippen LogP contribution in [0.5, 0.6) is 0 Å². The van der Waals surface area contributed by atoms with Gasteiger partial charge in [0.15, 0.2) is 0 Å². The number of hydrogen-bond donors (Lipinski definition) is 1. The molecule has 4 aromatic rings. The third kappa shape index (κ3) is 4.52. The highest BCUT2D eigenvalue weighted by atomic mass is 32.2. The molecule has 2 aliphatic rings. The quantitative estimate of drug-likeness (QED) is 0.433. The SMILES string of the molecule is CS(=O)(=O)N1CCN(Cc2csc3c(-c4ccc5cn[nH]c5c4)nc(N4CCOCC4)nc23)CC1. The van der Waals surface area contributed by atoms with Gasteiger partial charge < -0.3 is 9.64 Å². The van der Waals surface area contributed by atoms with E-state index in [4.69, 9.17) is 14.7 Å². The average molecular weight is 514 g/mol. The number of piperazine rings is 1. The summed E-state index contributed by atoms with van der Waals surface area (Å²) in [6, 6.07) is 6.25. The Hall–Kier alpha value is -2.64. The van der Waals surface area contributed by atoms with Gasteiger partial charge in [-0.25, -0.2) is 18.4 Å². The lowest BCUT2D eigenvalue weighted by Gasteiger charge is -2.33. The second kappa shape index (κ2) is 9.10. The number of ether oxygens (including phenoxy) is 1. The summed E-state index contributed by atoms with van der Waals surface area (Å²) < 4.78 is 31.9. The van der Waals surface area contributed by atoms with Gasteiger partial charge >= 0.3 is 0 Å². The molecule has 1 N–H and O–H groups in total. The molecule has 0 bridgehead atoms. The number of aromatic nitrogens is 4. The smallest absolute Gasteiger partial charge is 0.226 e. The zero-order valence-electron chi connectivity index (χ0n) is 19.5. The topological polar surface area (TPSA) is 108 Å². The average Bonchev–Trinajstić information content (AvgIpc) is 3.50. The molecular formula is C23H27N7O3S2. The lowest BCUT2D eigenvalue weighted by Crippen LogP contribution is -2.47. The van der Waals surface area contributed by atoms with Crippen LogP contribution in [0.1, 0.15) is 5.56 Å². The highest BCUT2D eigenvalue weighted by Crippen LogP contribution is 2.36. The van der Waals surface area contributed by atoms with Crippen molar-refractivity contribution in [3.05, 3.63) is 35.3 Å². The number of rotatable bonds is 5. The maximum absolute atomic E-state index is 11.9. The second-order valence-electron chi connectivity index (χ2n) is 9.02. The number of hydrogen-bond acceptors (Lipinski definition) is 9. The number of fused-ring (bicyclic) bond motifs is 2. The molecule has 0 unspecified atom stereocenters. The number of sulfonamides is 1. The summed E-state index contributed by atoms with van der Waals surface area (Å²) in [5, 5.41) is 10.4. The van der Waals surface area contributed by atoms with Crippen molar-refractivity contribution in [3.8, 4) is 11.3 Å². The summed E-state index contributed by atoms with van der Waals surface area (Å²) in [6.45, 7) is 6.03. The van der Waals surface area contributed by atoms with Gasteiger partial charge in [-0.15, -0.1) is 11.3 Å². The van der Waals surface area contributed by atoms with Crippen molar-refractivity contribution in [2.45, 2.75) is 6.54 Å². The lowest BCUT2D eigenvalue weighted by atomic mass is 10.1. The van der Waals surface area contributed by atoms with Crippen LogP contribution in [-0.2, 0) is 21.3 Å². The molecule has 0 atom stereocenters. The van der Waals surface area contributed by atoms with Crippen LogP contribution >= 0.6 is 11.3 Å². The Morgan fingerprint density at radius 3 is 2.66 bits per heavy atom. The van der Waals surface area contributed by atoms with Crippen LogP contribution < -0.4 is 4.90 Å². The first-order valence-electron chi connectivity index (χ1n) is 11.7. The standard InChI is InChI=1S/C23H27N7O3S2/c1-35(31,32)30-6-4-28(5-7-30)14-18-15-34-22-20(16-2-3-17-13-24-27-19(17)12-16)25-23(26-21(18)22)29-8-10-33-11-9-29/h2-3,12-13,15H,4-11,14H2,1H3,(H,24,27). The molecule has 6 rings (SSSR count). The Labute approximate surface area is 207 Å². The molecule has 2 aliphatic heterocycles. The fourth-order valence-corrected chi connectivity index (χ4v) is 6.55. The van der Waals surface area contributed by atoms with Gasteiger partial charge in [0.1, 0.15) is 0 Å². The monoisotopic (exact) mass is 513 g/mol. The molecule has 2 fully saturated rings. The van der Waals surface area contributed by atoms with Gasteiger partial charge in [0, 0.05) is 62.3 Å². The minimum absolute atomic E-state index is 0.518. The minimum atomic E-state index is -3.15.